The molecule has 0 aliphatic heterocycles. The van der Waals surface area contributed by atoms with Crippen molar-refractivity contribution in [3.8, 4) is 0 Å². The number of hydrogen-bond acceptors (Lipinski definition) is 3. The Morgan fingerprint density at radius 1 is 1.36 bits per heavy atom. The quantitative estimate of drug-likeness (QED) is 0.595. The maximum atomic E-state index is 8.82. The minimum absolute atomic E-state index is 0.232. The van der Waals surface area contributed by atoms with Gasteiger partial charge in [0.2, 0.25) is 0 Å². The third kappa shape index (κ3) is 2.62. The molecule has 0 atom stereocenters. The summed E-state index contributed by atoms with van der Waals surface area (Å²) >= 11 is 0. The number of aliphatic hydroxyl groups excluding tert-OH is 1. The average molecular weight is 155 g/mol. The molecule has 0 saturated heterocycles. The van der Waals surface area contributed by atoms with Crippen molar-refractivity contribution in [1.82, 2.24) is 0 Å². The first-order valence-corrected chi connectivity index (χ1v) is 4.12. The van der Waals surface area contributed by atoms with Gasteiger partial charge in [-0.3, -0.25) is 0 Å². The summed E-state index contributed by atoms with van der Waals surface area (Å²) in [6, 6.07) is 0. The molecule has 4 heteroatoms. The van der Waals surface area contributed by atoms with Crippen LogP contribution in [0.4, 0.5) is 0 Å². The van der Waals surface area contributed by atoms with E-state index in [-0.39, 0.29) is 6.10 Å². The number of nitrogens with one attached hydrogen (secondary N) is 1. The summed E-state index contributed by atoms with van der Waals surface area (Å²) in [5.74, 6) is 0.473. The van der Waals surface area contributed by atoms with Gasteiger partial charge in [-0.15, -0.1) is 0 Å². The van der Waals surface area contributed by atoms with Crippen LogP contribution in [0, 0.1) is 11.2 Å². The van der Waals surface area contributed by atoms with E-state index in [1.165, 1.54) is 0 Å². The summed E-state index contributed by atoms with van der Waals surface area (Å²) in [4.78, 5) is 0. The van der Waals surface area contributed by atoms with E-state index in [1.807, 2.05) is 0 Å². The molecule has 2 N–H and O–H groups in total. The van der Waals surface area contributed by atoms with Gasteiger partial charge in [0, 0.05) is 0 Å². The van der Waals surface area contributed by atoms with Crippen molar-refractivity contribution in [3.05, 3.63) is 0 Å². The van der Waals surface area contributed by atoms with Crippen molar-refractivity contribution in [1.29, 1.82) is 5.31 Å². The predicted molar refractivity (Wildman–Crippen MR) is 42.4 cm³/mol. The topological polar surface area (TPSA) is 53.3 Å². The fraction of sp³-hybridized carbons (Fsp3) is 1.00. The second-order valence-electron chi connectivity index (χ2n) is 3.08. The summed E-state index contributed by atoms with van der Waals surface area (Å²) in [5, 5.41) is 15.6. The van der Waals surface area contributed by atoms with Gasteiger partial charge in [-0.2, -0.15) is 0 Å². The van der Waals surface area contributed by atoms with Gasteiger partial charge in [0.1, 0.15) is 0 Å². The van der Waals surface area contributed by atoms with Gasteiger partial charge in [-0.05, 0) is 0 Å². The normalized spacial score (nSPS) is 31.0. The van der Waals surface area contributed by atoms with Crippen molar-refractivity contribution in [2.75, 3.05) is 6.61 Å². The van der Waals surface area contributed by atoms with E-state index in [1.54, 1.807) is 0 Å². The molecule has 3 nitrogen and oxygen atoms in total. The maximum absolute atomic E-state index is 8.82. The van der Waals surface area contributed by atoms with Crippen molar-refractivity contribution in [2.45, 2.75) is 31.8 Å². The van der Waals surface area contributed by atoms with E-state index in [2.05, 4.69) is 0 Å². The van der Waals surface area contributed by atoms with E-state index >= 15 is 0 Å². The molecule has 1 aliphatic rings. The van der Waals surface area contributed by atoms with Crippen LogP contribution < -0.4 is 0 Å². The molecule has 0 heterocycles. The zero-order valence-corrected chi connectivity index (χ0v) is 6.62. The predicted octanol–water partition coefficient (Wildman–Crippen LogP) is 0.936. The zero-order chi connectivity index (χ0) is 8.10. The molecular weight excluding hydrogens is 141 g/mol. The molecule has 0 spiro atoms. The number of hydrogen-bond donors (Lipinski definition) is 2. The molecule has 11 heavy (non-hydrogen) atoms. The Morgan fingerprint density at radius 2 is 2.00 bits per heavy atom. The van der Waals surface area contributed by atoms with Crippen LogP contribution in [0.2, 0.25) is 0 Å². The van der Waals surface area contributed by atoms with Gasteiger partial charge in [-0.1, -0.05) is 0 Å². The second kappa shape index (κ2) is 4.49. The Hall–Kier alpha value is -0.375. The Morgan fingerprint density at radius 3 is 2.45 bits per heavy atom. The SMILES string of the molecule is N=BOC1CCC(CO)CC1. The zero-order valence-electron chi connectivity index (χ0n) is 6.62. The van der Waals surface area contributed by atoms with E-state index in [4.69, 9.17) is 15.1 Å². The van der Waals surface area contributed by atoms with E-state index in [0.29, 0.717) is 12.5 Å². The molecule has 1 rings (SSSR count). The van der Waals surface area contributed by atoms with Gasteiger partial charge in [-0.25, -0.2) is 0 Å². The first-order chi connectivity index (χ1) is 5.36. The van der Waals surface area contributed by atoms with Crippen molar-refractivity contribution < 1.29 is 9.76 Å². The molecule has 0 aromatic heterocycles. The van der Waals surface area contributed by atoms with Crippen LogP contribution in [-0.4, -0.2) is 25.1 Å². The molecule has 1 saturated carbocycles. The third-order valence-electron chi connectivity index (χ3n) is 2.31. The molecule has 0 aromatic rings. The molecule has 1 fully saturated rings. The van der Waals surface area contributed by atoms with Crippen molar-refractivity contribution in [2.24, 2.45) is 5.92 Å². The fourth-order valence-electron chi connectivity index (χ4n) is 1.55. The fourth-order valence-corrected chi connectivity index (χ4v) is 1.55. The molecule has 62 valence electrons. The van der Waals surface area contributed by atoms with Gasteiger partial charge in [0.15, 0.2) is 0 Å². The van der Waals surface area contributed by atoms with Crippen molar-refractivity contribution in [3.63, 3.8) is 0 Å². The van der Waals surface area contributed by atoms with Crippen LogP contribution in [0.25, 0.3) is 0 Å². The van der Waals surface area contributed by atoms with E-state index < -0.39 is 0 Å². The van der Waals surface area contributed by atoms with Crippen LogP contribution in [-0.2, 0) is 4.65 Å². The van der Waals surface area contributed by atoms with Crippen LogP contribution in [0.1, 0.15) is 25.7 Å². The van der Waals surface area contributed by atoms with Gasteiger partial charge in [0.25, 0.3) is 0 Å². The Balaban J connectivity index is 2.18. The minimum atomic E-state index is 0.232. The summed E-state index contributed by atoms with van der Waals surface area (Å²) in [6.07, 6.45) is 4.28. The van der Waals surface area contributed by atoms with Crippen LogP contribution in [0.3, 0.4) is 0 Å². The second-order valence-corrected chi connectivity index (χ2v) is 3.08. The van der Waals surface area contributed by atoms with E-state index in [9.17, 15) is 0 Å². The van der Waals surface area contributed by atoms with Crippen LogP contribution >= 0.6 is 0 Å². The molecule has 0 bridgehead atoms. The molecule has 0 aromatic carbocycles. The molecule has 0 amide bonds. The van der Waals surface area contributed by atoms with Gasteiger partial charge < -0.3 is 0 Å². The standard InChI is InChI=1S/C7H14BNO2/c9-8-11-7-3-1-6(5-10)2-4-7/h6-7,9-10H,1-5H2. The van der Waals surface area contributed by atoms with E-state index in [0.717, 1.165) is 33.0 Å². The number of aliphatic hydroxyl groups is 1. The summed E-state index contributed by atoms with van der Waals surface area (Å²) in [5.41, 5.74) is 0. The number of rotatable bonds is 3. The van der Waals surface area contributed by atoms with Crippen LogP contribution in [0.15, 0.2) is 0 Å². The first-order valence-electron chi connectivity index (χ1n) is 4.12. The third-order valence-corrected chi connectivity index (χ3v) is 2.31. The van der Waals surface area contributed by atoms with Crippen LogP contribution in [0.5, 0.6) is 0 Å². The molecule has 1 aliphatic carbocycles. The molecule has 0 unspecified atom stereocenters. The first kappa shape index (κ1) is 8.72. The summed E-state index contributed by atoms with van der Waals surface area (Å²) < 4.78 is 5.04. The summed E-state index contributed by atoms with van der Waals surface area (Å²) in [7, 11) is 1.02. The Labute approximate surface area is 67.5 Å². The van der Waals surface area contributed by atoms with Gasteiger partial charge in [0.05, 0.1) is 0 Å². The molecular formula is C7H14BNO2. The Bertz CT molecular complexity index is 124. The summed E-state index contributed by atoms with van der Waals surface area (Å²) in [6.45, 7) is 0.303. The average Bonchev–Trinajstić information content (AvgIpc) is 2.07. The monoisotopic (exact) mass is 155 g/mol. The Kier molecular flexibility index (Phi) is 3.56. The molecule has 0 radical (unpaired) electrons. The van der Waals surface area contributed by atoms with Crippen molar-refractivity contribution >= 4 is 7.27 Å². The van der Waals surface area contributed by atoms with Gasteiger partial charge >= 0.3 is 66.7 Å².